The standard InChI is InChI=1S/C22H45NO2/c1-2-3-4-5-6-7-8-9-10-11-12-13-14-15-16-17-18-19-22(25)21(23)20-24/h21,24H,2-20,23H2,1H3. The van der Waals surface area contributed by atoms with Crippen LogP contribution in [-0.4, -0.2) is 23.5 Å². The second-order valence-corrected chi connectivity index (χ2v) is 7.66. The number of nitrogens with two attached hydrogens (primary N) is 1. The molecule has 1 atom stereocenters. The number of aliphatic hydroxyl groups excluding tert-OH is 1. The van der Waals surface area contributed by atoms with E-state index in [2.05, 4.69) is 6.92 Å². The number of rotatable bonds is 20. The molecule has 0 aliphatic rings. The molecule has 0 amide bonds. The van der Waals surface area contributed by atoms with Crippen molar-refractivity contribution in [1.82, 2.24) is 0 Å². The fourth-order valence-corrected chi connectivity index (χ4v) is 3.31. The lowest BCUT2D eigenvalue weighted by atomic mass is 10.0. The van der Waals surface area contributed by atoms with Crippen LogP contribution in [0.15, 0.2) is 0 Å². The zero-order chi connectivity index (χ0) is 18.6. The first-order valence-corrected chi connectivity index (χ1v) is 11.1. The van der Waals surface area contributed by atoms with Crippen LogP contribution in [0.1, 0.15) is 122 Å². The van der Waals surface area contributed by atoms with Gasteiger partial charge >= 0.3 is 0 Å². The lowest BCUT2D eigenvalue weighted by Gasteiger charge is -2.06. The Bertz CT molecular complexity index is 281. The summed E-state index contributed by atoms with van der Waals surface area (Å²) in [6, 6.07) is -0.666. The van der Waals surface area contributed by atoms with Crippen LogP contribution in [0.5, 0.6) is 0 Å². The average molecular weight is 356 g/mol. The quantitative estimate of drug-likeness (QED) is 0.267. The number of unbranched alkanes of at least 4 members (excludes halogenated alkanes) is 16. The molecule has 0 saturated heterocycles. The second-order valence-electron chi connectivity index (χ2n) is 7.66. The summed E-state index contributed by atoms with van der Waals surface area (Å²) < 4.78 is 0. The van der Waals surface area contributed by atoms with Crippen LogP contribution in [0.3, 0.4) is 0 Å². The van der Waals surface area contributed by atoms with Crippen molar-refractivity contribution in [2.45, 2.75) is 129 Å². The first kappa shape index (κ1) is 24.6. The Morgan fingerprint density at radius 2 is 1.00 bits per heavy atom. The van der Waals surface area contributed by atoms with Crippen molar-refractivity contribution in [3.8, 4) is 0 Å². The predicted molar refractivity (Wildman–Crippen MR) is 109 cm³/mol. The van der Waals surface area contributed by atoms with E-state index in [1.807, 2.05) is 0 Å². The largest absolute Gasteiger partial charge is 0.394 e. The van der Waals surface area contributed by atoms with Crippen molar-refractivity contribution in [3.05, 3.63) is 0 Å². The average Bonchev–Trinajstić information content (AvgIpc) is 2.63. The summed E-state index contributed by atoms with van der Waals surface area (Å²) in [5, 5.41) is 8.80. The minimum absolute atomic E-state index is 0.00320. The molecule has 0 aromatic rings. The predicted octanol–water partition coefficient (Wildman–Crippen LogP) is 5.92. The summed E-state index contributed by atoms with van der Waals surface area (Å²) in [5.41, 5.74) is 5.49. The van der Waals surface area contributed by atoms with Gasteiger partial charge in [0.1, 0.15) is 0 Å². The van der Waals surface area contributed by atoms with E-state index >= 15 is 0 Å². The maximum absolute atomic E-state index is 11.4. The molecule has 0 aromatic carbocycles. The number of carbonyl (C=O) groups is 1. The van der Waals surface area contributed by atoms with Crippen molar-refractivity contribution >= 4 is 5.78 Å². The molecule has 0 radical (unpaired) electrons. The van der Waals surface area contributed by atoms with Gasteiger partial charge in [-0.2, -0.15) is 0 Å². The highest BCUT2D eigenvalue weighted by Crippen LogP contribution is 2.14. The summed E-state index contributed by atoms with van der Waals surface area (Å²) >= 11 is 0. The summed E-state index contributed by atoms with van der Waals surface area (Å²) in [4.78, 5) is 11.4. The lowest BCUT2D eigenvalue weighted by molar-refractivity contribution is -0.121. The van der Waals surface area contributed by atoms with Gasteiger partial charge in [0.2, 0.25) is 0 Å². The molecule has 3 N–H and O–H groups in total. The zero-order valence-electron chi connectivity index (χ0n) is 16.9. The van der Waals surface area contributed by atoms with Gasteiger partial charge in [-0.3, -0.25) is 4.79 Å². The fourth-order valence-electron chi connectivity index (χ4n) is 3.31. The Hall–Kier alpha value is -0.410. The minimum Gasteiger partial charge on any atom is -0.394 e. The highest BCUT2D eigenvalue weighted by Gasteiger charge is 2.10. The molecule has 25 heavy (non-hydrogen) atoms. The Balaban J connectivity index is 3.08. The van der Waals surface area contributed by atoms with Gasteiger partial charge in [-0.15, -0.1) is 0 Å². The fraction of sp³-hybridized carbons (Fsp3) is 0.955. The molecule has 0 spiro atoms. The summed E-state index contributed by atoms with van der Waals surface area (Å²) in [7, 11) is 0. The number of carbonyl (C=O) groups excluding carboxylic acids is 1. The number of hydrogen-bond donors (Lipinski definition) is 2. The van der Waals surface area contributed by atoms with Gasteiger partial charge in [-0.25, -0.2) is 0 Å². The molecule has 1 unspecified atom stereocenters. The SMILES string of the molecule is CCCCCCCCCCCCCCCCCCCC(=O)C(N)CO. The number of ketones is 1. The van der Waals surface area contributed by atoms with Crippen molar-refractivity contribution in [2.24, 2.45) is 5.73 Å². The molecule has 0 fully saturated rings. The van der Waals surface area contributed by atoms with Crippen LogP contribution in [0.2, 0.25) is 0 Å². The van der Waals surface area contributed by atoms with E-state index in [0.29, 0.717) is 6.42 Å². The van der Waals surface area contributed by atoms with E-state index in [4.69, 9.17) is 10.8 Å². The van der Waals surface area contributed by atoms with Gasteiger partial charge < -0.3 is 10.8 Å². The molecule has 0 saturated carbocycles. The topological polar surface area (TPSA) is 63.3 Å². The van der Waals surface area contributed by atoms with Gasteiger partial charge in [-0.05, 0) is 6.42 Å². The van der Waals surface area contributed by atoms with Crippen LogP contribution in [0.25, 0.3) is 0 Å². The Morgan fingerprint density at radius 1 is 0.680 bits per heavy atom. The van der Waals surface area contributed by atoms with Crippen molar-refractivity contribution < 1.29 is 9.90 Å². The molecule has 0 aromatic heterocycles. The van der Waals surface area contributed by atoms with Gasteiger partial charge in [0.15, 0.2) is 5.78 Å². The van der Waals surface area contributed by atoms with Gasteiger partial charge in [-0.1, -0.05) is 110 Å². The first-order chi connectivity index (χ1) is 12.2. The van der Waals surface area contributed by atoms with Crippen LogP contribution >= 0.6 is 0 Å². The third kappa shape index (κ3) is 18.2. The van der Waals surface area contributed by atoms with E-state index in [1.54, 1.807) is 0 Å². The van der Waals surface area contributed by atoms with Crippen molar-refractivity contribution in [2.75, 3.05) is 6.61 Å². The van der Waals surface area contributed by atoms with Crippen molar-refractivity contribution in [1.29, 1.82) is 0 Å². The summed E-state index contributed by atoms with van der Waals surface area (Å²) in [6.45, 7) is 2.05. The van der Waals surface area contributed by atoms with E-state index in [1.165, 1.54) is 96.3 Å². The van der Waals surface area contributed by atoms with Gasteiger partial charge in [0.25, 0.3) is 0 Å². The molecule has 3 nitrogen and oxygen atoms in total. The normalized spacial score (nSPS) is 12.4. The monoisotopic (exact) mass is 355 g/mol. The molecular weight excluding hydrogens is 310 g/mol. The molecular formula is C22H45NO2. The van der Waals surface area contributed by atoms with Crippen molar-refractivity contribution in [3.63, 3.8) is 0 Å². The number of hydrogen-bond acceptors (Lipinski definition) is 3. The third-order valence-electron chi connectivity index (χ3n) is 5.14. The molecule has 150 valence electrons. The number of Topliss-reactive ketones (excluding diaryl/α,β-unsaturated/α-hetero) is 1. The van der Waals surface area contributed by atoms with Crippen LogP contribution in [0.4, 0.5) is 0 Å². The number of aliphatic hydroxyl groups is 1. The molecule has 0 bridgehead atoms. The van der Waals surface area contributed by atoms with Gasteiger partial charge in [0, 0.05) is 6.42 Å². The van der Waals surface area contributed by atoms with E-state index in [-0.39, 0.29) is 12.4 Å². The molecule has 0 aliphatic heterocycles. The molecule has 0 rings (SSSR count). The van der Waals surface area contributed by atoms with E-state index in [9.17, 15) is 4.79 Å². The molecule has 0 heterocycles. The van der Waals surface area contributed by atoms with Gasteiger partial charge in [0.05, 0.1) is 12.6 Å². The van der Waals surface area contributed by atoms with E-state index in [0.717, 1.165) is 12.8 Å². The highest BCUT2D eigenvalue weighted by molar-refractivity contribution is 5.83. The zero-order valence-corrected chi connectivity index (χ0v) is 16.9. The van der Waals surface area contributed by atoms with E-state index < -0.39 is 6.04 Å². The smallest absolute Gasteiger partial charge is 0.151 e. The van der Waals surface area contributed by atoms with Crippen LogP contribution in [-0.2, 0) is 4.79 Å². The summed E-state index contributed by atoms with van der Waals surface area (Å²) in [6.07, 6.45) is 23.4. The third-order valence-corrected chi connectivity index (χ3v) is 5.14. The molecule has 3 heteroatoms. The minimum atomic E-state index is -0.666. The maximum Gasteiger partial charge on any atom is 0.151 e. The Kier molecular flexibility index (Phi) is 19.6. The Morgan fingerprint density at radius 3 is 1.32 bits per heavy atom. The molecule has 0 aliphatic carbocycles. The maximum atomic E-state index is 11.4. The lowest BCUT2D eigenvalue weighted by Crippen LogP contribution is -2.33. The highest BCUT2D eigenvalue weighted by atomic mass is 16.3. The Labute approximate surface area is 157 Å². The van der Waals surface area contributed by atoms with Crippen LogP contribution in [0, 0.1) is 0 Å². The second kappa shape index (κ2) is 19.9. The van der Waals surface area contributed by atoms with Crippen LogP contribution < -0.4 is 5.73 Å². The summed E-state index contributed by atoms with van der Waals surface area (Å²) in [5.74, 6) is 0.00320. The first-order valence-electron chi connectivity index (χ1n) is 11.1.